The average Bonchev–Trinajstić information content (AvgIpc) is 2.42. The van der Waals surface area contributed by atoms with Gasteiger partial charge in [-0.2, -0.15) is 0 Å². The van der Waals surface area contributed by atoms with Crippen LogP contribution in [0.3, 0.4) is 0 Å². The molecule has 2 heterocycles. The van der Waals surface area contributed by atoms with E-state index >= 15 is 0 Å². The topological polar surface area (TPSA) is 71.5 Å². The Hall–Kier alpha value is -2.56. The fraction of sp³-hybridized carbons (Fsp3) is 0. The quantitative estimate of drug-likeness (QED) is 0.629. The molecule has 0 bridgehead atoms. The Bertz CT molecular complexity index is 604. The van der Waals surface area contributed by atoms with Gasteiger partial charge >= 0.3 is 0 Å². The fourth-order valence-corrected chi connectivity index (χ4v) is 1.27. The number of aromatic amines is 1. The number of benzene rings is 1. The maximum absolute atomic E-state index is 11.1. The number of nitrogens with zero attached hydrogens (tertiary/aromatic N) is 3. The van der Waals surface area contributed by atoms with Gasteiger partial charge in [-0.15, -0.1) is 0 Å². The Kier molecular flexibility index (Phi) is 3.54. The highest BCUT2D eigenvalue weighted by molar-refractivity contribution is 5.76. The zero-order valence-electron chi connectivity index (χ0n) is 8.95. The first kappa shape index (κ1) is 10.9. The lowest BCUT2D eigenvalue weighted by Gasteiger charge is -1.91. The van der Waals surface area contributed by atoms with Gasteiger partial charge in [-0.1, -0.05) is 12.1 Å². The van der Waals surface area contributed by atoms with Crippen LogP contribution in [0.5, 0.6) is 0 Å². The molecule has 0 atom stereocenters. The van der Waals surface area contributed by atoms with E-state index < -0.39 is 0 Å². The first-order chi connectivity index (χ1) is 8.38. The maximum atomic E-state index is 11.1. The number of nitrogens with one attached hydrogen (secondary N) is 1. The number of H-pyrrole nitrogens is 1. The van der Waals surface area contributed by atoms with E-state index in [1.54, 1.807) is 24.5 Å². The van der Waals surface area contributed by atoms with E-state index in [4.69, 9.17) is 0 Å². The van der Waals surface area contributed by atoms with Gasteiger partial charge < -0.3 is 4.98 Å². The summed E-state index contributed by atoms with van der Waals surface area (Å²) in [5.41, 5.74) is 0.645. The number of rotatable bonds is 0. The second kappa shape index (κ2) is 5.50. The molecule has 0 aliphatic heterocycles. The molecule has 0 spiro atoms. The molecule has 0 unspecified atom stereocenters. The summed E-state index contributed by atoms with van der Waals surface area (Å²) in [6.45, 7) is 0. The molecule has 5 heteroatoms. The predicted octanol–water partition coefficient (Wildman–Crippen LogP) is 1.40. The van der Waals surface area contributed by atoms with Crippen molar-refractivity contribution < 1.29 is 0 Å². The van der Waals surface area contributed by atoms with Gasteiger partial charge in [0, 0.05) is 12.4 Å². The second-order valence-corrected chi connectivity index (χ2v) is 3.15. The highest BCUT2D eigenvalue weighted by Gasteiger charge is 1.94. The minimum absolute atomic E-state index is 0.0874. The average molecular weight is 226 g/mol. The molecular formula is C12H10N4O. The number of aromatic nitrogens is 4. The molecule has 0 aliphatic carbocycles. The summed E-state index contributed by atoms with van der Waals surface area (Å²) >= 11 is 0. The second-order valence-electron chi connectivity index (χ2n) is 3.15. The Morgan fingerprint density at radius 3 is 2.35 bits per heavy atom. The number of hydrogen-bond donors (Lipinski definition) is 1. The minimum atomic E-state index is -0.0874. The van der Waals surface area contributed by atoms with Crippen molar-refractivity contribution in [2.24, 2.45) is 0 Å². The van der Waals surface area contributed by atoms with Crippen LogP contribution in [0.25, 0.3) is 10.9 Å². The Morgan fingerprint density at radius 2 is 1.76 bits per heavy atom. The van der Waals surface area contributed by atoms with E-state index in [-0.39, 0.29) is 5.56 Å². The van der Waals surface area contributed by atoms with Crippen molar-refractivity contribution in [2.45, 2.75) is 0 Å². The third-order valence-electron chi connectivity index (χ3n) is 2.03. The maximum Gasteiger partial charge on any atom is 0.258 e. The molecule has 0 saturated heterocycles. The molecule has 1 N–H and O–H groups in total. The van der Waals surface area contributed by atoms with Gasteiger partial charge in [-0.05, 0) is 18.2 Å². The van der Waals surface area contributed by atoms with Gasteiger partial charge in [0.15, 0.2) is 0 Å². The molecule has 0 aliphatic rings. The highest BCUT2D eigenvalue weighted by atomic mass is 16.1. The van der Waals surface area contributed by atoms with Crippen LogP contribution in [0.2, 0.25) is 0 Å². The van der Waals surface area contributed by atoms with Gasteiger partial charge in [0.1, 0.15) is 6.33 Å². The summed E-state index contributed by atoms with van der Waals surface area (Å²) in [6.07, 6.45) is 6.28. The molecule has 0 amide bonds. The number of fused-ring (bicyclic) bond motifs is 1. The fourth-order valence-electron chi connectivity index (χ4n) is 1.27. The molecule has 2 aromatic heterocycles. The highest BCUT2D eigenvalue weighted by Crippen LogP contribution is 2.02. The van der Waals surface area contributed by atoms with Gasteiger partial charge in [0.25, 0.3) is 5.56 Å². The van der Waals surface area contributed by atoms with Gasteiger partial charge in [0.2, 0.25) is 0 Å². The van der Waals surface area contributed by atoms with E-state index in [1.165, 1.54) is 12.7 Å². The lowest BCUT2D eigenvalue weighted by molar-refractivity contribution is 1.17. The molecule has 84 valence electrons. The zero-order valence-corrected chi connectivity index (χ0v) is 8.95. The molecule has 0 saturated carbocycles. The summed E-state index contributed by atoms with van der Waals surface area (Å²) < 4.78 is 0. The van der Waals surface area contributed by atoms with Crippen LogP contribution in [0.15, 0.2) is 60.2 Å². The van der Waals surface area contributed by atoms with Gasteiger partial charge in [-0.3, -0.25) is 4.79 Å². The van der Waals surface area contributed by atoms with E-state index in [0.717, 1.165) is 5.52 Å². The summed E-state index contributed by atoms with van der Waals surface area (Å²) in [5, 5.41) is 0.634. The summed E-state index contributed by atoms with van der Waals surface area (Å²) in [7, 11) is 0. The standard InChI is InChI=1S/C8H6N2O.C4H4N2/c11-8-6-3-1-2-4-7(6)9-5-10-8;1-2-5-4-6-3-1/h1-5H,(H,9,10,11);1-4H. The third kappa shape index (κ3) is 2.94. The summed E-state index contributed by atoms with van der Waals surface area (Å²) in [5.74, 6) is 0. The molecule has 3 aromatic rings. The predicted molar refractivity (Wildman–Crippen MR) is 64.4 cm³/mol. The monoisotopic (exact) mass is 226 g/mol. The largest absolute Gasteiger partial charge is 0.313 e. The lowest BCUT2D eigenvalue weighted by atomic mass is 10.2. The minimum Gasteiger partial charge on any atom is -0.313 e. The van der Waals surface area contributed by atoms with Crippen molar-refractivity contribution >= 4 is 10.9 Å². The molecule has 5 nitrogen and oxygen atoms in total. The third-order valence-corrected chi connectivity index (χ3v) is 2.03. The lowest BCUT2D eigenvalue weighted by Crippen LogP contribution is -2.05. The Morgan fingerprint density at radius 1 is 1.00 bits per heavy atom. The van der Waals surface area contributed by atoms with Crippen LogP contribution in [-0.4, -0.2) is 19.9 Å². The Labute approximate surface area is 97.2 Å². The van der Waals surface area contributed by atoms with Crippen molar-refractivity contribution in [3.05, 3.63) is 65.7 Å². The molecule has 0 radical (unpaired) electrons. The first-order valence-corrected chi connectivity index (χ1v) is 5.00. The first-order valence-electron chi connectivity index (χ1n) is 5.00. The van der Waals surface area contributed by atoms with Crippen molar-refractivity contribution in [2.75, 3.05) is 0 Å². The van der Waals surface area contributed by atoms with Crippen LogP contribution < -0.4 is 5.56 Å². The van der Waals surface area contributed by atoms with Crippen molar-refractivity contribution in [1.29, 1.82) is 0 Å². The van der Waals surface area contributed by atoms with Crippen molar-refractivity contribution in [3.63, 3.8) is 0 Å². The number of para-hydroxylation sites is 1. The van der Waals surface area contributed by atoms with E-state index in [2.05, 4.69) is 19.9 Å². The van der Waals surface area contributed by atoms with Crippen LogP contribution in [0, 0.1) is 0 Å². The SMILES string of the molecule is O=c1[nH]cnc2ccccc12.c1cncnc1. The molecule has 17 heavy (non-hydrogen) atoms. The number of hydrogen-bond acceptors (Lipinski definition) is 4. The van der Waals surface area contributed by atoms with Crippen LogP contribution in [0.1, 0.15) is 0 Å². The van der Waals surface area contributed by atoms with E-state index in [9.17, 15) is 4.79 Å². The molecular weight excluding hydrogens is 216 g/mol. The van der Waals surface area contributed by atoms with Crippen molar-refractivity contribution in [1.82, 2.24) is 19.9 Å². The normalized spacial score (nSPS) is 9.41. The molecule has 1 aromatic carbocycles. The van der Waals surface area contributed by atoms with Crippen LogP contribution in [-0.2, 0) is 0 Å². The van der Waals surface area contributed by atoms with Crippen LogP contribution >= 0.6 is 0 Å². The van der Waals surface area contributed by atoms with E-state index in [1.807, 2.05) is 18.2 Å². The van der Waals surface area contributed by atoms with Crippen LogP contribution in [0.4, 0.5) is 0 Å². The Balaban J connectivity index is 0.000000153. The van der Waals surface area contributed by atoms with Gasteiger partial charge in [-0.25, -0.2) is 15.0 Å². The van der Waals surface area contributed by atoms with Crippen molar-refractivity contribution in [3.8, 4) is 0 Å². The van der Waals surface area contributed by atoms with Gasteiger partial charge in [0.05, 0.1) is 17.2 Å². The molecule has 0 fully saturated rings. The van der Waals surface area contributed by atoms with E-state index in [0.29, 0.717) is 5.39 Å². The smallest absolute Gasteiger partial charge is 0.258 e. The zero-order chi connectivity index (χ0) is 11.9. The summed E-state index contributed by atoms with van der Waals surface area (Å²) in [4.78, 5) is 24.9. The molecule has 3 rings (SSSR count). The summed E-state index contributed by atoms with van der Waals surface area (Å²) in [6, 6.07) is 9.01.